The quantitative estimate of drug-likeness (QED) is 0.0607. The van der Waals surface area contributed by atoms with E-state index in [9.17, 15) is 97.0 Å². The van der Waals surface area contributed by atoms with Crippen LogP contribution in [0.5, 0.6) is 0 Å². The van der Waals surface area contributed by atoms with Gasteiger partial charge in [0.2, 0.25) is 0 Å². The Morgan fingerprint density at radius 3 is 1.33 bits per heavy atom. The molecule has 29 heteroatoms. The van der Waals surface area contributed by atoms with E-state index < -0.39 is 212 Å². The van der Waals surface area contributed by atoms with E-state index in [1.165, 1.54) is 0 Å². The lowest BCUT2D eigenvalue weighted by molar-refractivity contribution is -0.387. The van der Waals surface area contributed by atoms with E-state index in [4.69, 9.17) is 47.4 Å². The number of rotatable bonds is 18. The molecule has 5 fully saturated rings. The molecule has 27 atom stereocenters. The van der Waals surface area contributed by atoms with Gasteiger partial charge in [0.05, 0.1) is 46.2 Å². The van der Waals surface area contributed by atoms with Gasteiger partial charge in [0.1, 0.15) is 134 Å². The third-order valence-corrected chi connectivity index (χ3v) is 11.2. The van der Waals surface area contributed by atoms with Gasteiger partial charge in [0, 0.05) is 0 Å². The summed E-state index contributed by atoms with van der Waals surface area (Å²) in [5.41, 5.74) is 0. The molecule has 0 aromatic heterocycles. The molecular formula is C34H60O29. The third kappa shape index (κ3) is 11.9. The molecule has 0 aromatic rings. The van der Waals surface area contributed by atoms with Crippen molar-refractivity contribution >= 4 is 0 Å². The van der Waals surface area contributed by atoms with Gasteiger partial charge in [-0.25, -0.2) is 0 Å². The van der Waals surface area contributed by atoms with Crippen LogP contribution in [0.4, 0.5) is 0 Å². The fourth-order valence-electron chi connectivity index (χ4n) is 7.35. The number of hydrogen-bond donors (Lipinski definition) is 19. The Bertz CT molecular complexity index is 1360. The molecule has 5 saturated heterocycles. The van der Waals surface area contributed by atoms with Crippen molar-refractivity contribution < 1.29 is 144 Å². The molecule has 0 bridgehead atoms. The fourth-order valence-corrected chi connectivity index (χ4v) is 7.35. The molecule has 29 nitrogen and oxygen atoms in total. The number of ether oxygens (including phenoxy) is 10. The zero-order valence-corrected chi connectivity index (χ0v) is 33.1. The summed E-state index contributed by atoms with van der Waals surface area (Å²) in [6, 6.07) is 0. The molecule has 5 rings (SSSR count). The van der Waals surface area contributed by atoms with Crippen LogP contribution in [-0.2, 0) is 47.4 Å². The molecule has 5 heterocycles. The number of aliphatic hydroxyl groups is 19. The predicted octanol–water partition coefficient (Wildman–Crippen LogP) is -13.2. The molecule has 5 aliphatic heterocycles. The van der Waals surface area contributed by atoms with E-state index >= 15 is 0 Å². The second kappa shape index (κ2) is 23.2. The van der Waals surface area contributed by atoms with Gasteiger partial charge in [-0.3, -0.25) is 0 Å². The summed E-state index contributed by atoms with van der Waals surface area (Å²) in [6.07, 6.45) is -51.0. The molecule has 0 spiro atoms. The second-order valence-corrected chi connectivity index (χ2v) is 15.7. The molecule has 63 heavy (non-hydrogen) atoms. The van der Waals surface area contributed by atoms with E-state index in [1.807, 2.05) is 0 Å². The third-order valence-electron chi connectivity index (χ3n) is 11.2. The largest absolute Gasteiger partial charge is 0.394 e. The SMILES string of the molecule is OCC(O)C(O)C(OC1OC(CO)C(OC2OC(COC3OCC(O)C(O)C3O)C(OC3OC(COC4OCC(O)C(O)C4O)C(O)C(O)C3O)C(O)C2O)C(O)C1O)C(O)CO. The highest BCUT2D eigenvalue weighted by Gasteiger charge is 2.55. The summed E-state index contributed by atoms with van der Waals surface area (Å²) >= 11 is 0. The summed E-state index contributed by atoms with van der Waals surface area (Å²) in [6.45, 7) is -5.65. The maximum atomic E-state index is 11.5. The van der Waals surface area contributed by atoms with Crippen molar-refractivity contribution in [1.29, 1.82) is 0 Å². The monoisotopic (exact) mass is 932 g/mol. The maximum Gasteiger partial charge on any atom is 0.187 e. The van der Waals surface area contributed by atoms with E-state index in [2.05, 4.69) is 0 Å². The van der Waals surface area contributed by atoms with Crippen molar-refractivity contribution in [3.05, 3.63) is 0 Å². The summed E-state index contributed by atoms with van der Waals surface area (Å²) in [5, 5.41) is 197. The number of aliphatic hydroxyl groups excluding tert-OH is 19. The summed E-state index contributed by atoms with van der Waals surface area (Å²) in [4.78, 5) is 0. The number of hydrogen-bond acceptors (Lipinski definition) is 29. The van der Waals surface area contributed by atoms with Crippen LogP contribution in [0.25, 0.3) is 0 Å². The van der Waals surface area contributed by atoms with Crippen molar-refractivity contribution in [2.24, 2.45) is 0 Å². The van der Waals surface area contributed by atoms with Crippen LogP contribution in [0.3, 0.4) is 0 Å². The Hall–Kier alpha value is -1.16. The average Bonchev–Trinajstić information content (AvgIpc) is 3.27. The van der Waals surface area contributed by atoms with Gasteiger partial charge in [-0.1, -0.05) is 0 Å². The standard InChI is InChI=1S/C34H60O29/c35-1-8(38)17(44)27(9(39)2-36)61-33-25(52)20(47)28(12(3-37)58-33)62-34-26(53)21(48)29(14(60-34)7-57-31-23(50)16(43)11(41)5-55-31)63-32-24(51)19(46)18(45)13(59-32)6-56-30-22(49)15(42)10(40)4-54-30/h8-53H,1-7H2. The molecule has 370 valence electrons. The maximum absolute atomic E-state index is 11.5. The van der Waals surface area contributed by atoms with Gasteiger partial charge in [-0.2, -0.15) is 0 Å². The lowest BCUT2D eigenvalue weighted by Crippen LogP contribution is -2.67. The van der Waals surface area contributed by atoms with Crippen LogP contribution < -0.4 is 0 Å². The first-order valence-electron chi connectivity index (χ1n) is 19.9. The van der Waals surface area contributed by atoms with Crippen LogP contribution >= 0.6 is 0 Å². The summed E-state index contributed by atoms with van der Waals surface area (Å²) < 4.78 is 55.2. The van der Waals surface area contributed by atoms with Crippen molar-refractivity contribution in [1.82, 2.24) is 0 Å². The topological polar surface area (TPSA) is 477 Å². The molecule has 0 amide bonds. The van der Waals surface area contributed by atoms with Crippen molar-refractivity contribution in [2.45, 2.75) is 166 Å². The molecule has 0 aromatic carbocycles. The molecule has 0 radical (unpaired) electrons. The Morgan fingerprint density at radius 2 is 0.841 bits per heavy atom. The predicted molar refractivity (Wildman–Crippen MR) is 189 cm³/mol. The van der Waals surface area contributed by atoms with Crippen LogP contribution in [0.15, 0.2) is 0 Å². The Kier molecular flexibility index (Phi) is 19.5. The molecular weight excluding hydrogens is 872 g/mol. The molecule has 0 aliphatic carbocycles. The highest BCUT2D eigenvalue weighted by atomic mass is 16.8. The summed E-state index contributed by atoms with van der Waals surface area (Å²) in [7, 11) is 0. The van der Waals surface area contributed by atoms with Crippen molar-refractivity contribution in [3.8, 4) is 0 Å². The van der Waals surface area contributed by atoms with Crippen molar-refractivity contribution in [2.75, 3.05) is 46.2 Å². The molecule has 0 saturated carbocycles. The zero-order valence-electron chi connectivity index (χ0n) is 33.1. The molecule has 27 unspecified atom stereocenters. The molecule has 5 aliphatic rings. The minimum atomic E-state index is -2.22. The first kappa shape index (κ1) is 52.8. The van der Waals surface area contributed by atoms with Crippen LogP contribution in [-0.4, -0.2) is 309 Å². The van der Waals surface area contributed by atoms with E-state index in [0.29, 0.717) is 0 Å². The fraction of sp³-hybridized carbons (Fsp3) is 1.00. The van der Waals surface area contributed by atoms with Crippen LogP contribution in [0, 0.1) is 0 Å². The van der Waals surface area contributed by atoms with Crippen molar-refractivity contribution in [3.63, 3.8) is 0 Å². The summed E-state index contributed by atoms with van der Waals surface area (Å²) in [5.74, 6) is 0. The van der Waals surface area contributed by atoms with Gasteiger partial charge < -0.3 is 144 Å². The van der Waals surface area contributed by atoms with Gasteiger partial charge in [-0.15, -0.1) is 0 Å². The van der Waals surface area contributed by atoms with Crippen LogP contribution in [0.1, 0.15) is 0 Å². The molecule has 19 N–H and O–H groups in total. The normalized spacial score (nSPS) is 48.3. The van der Waals surface area contributed by atoms with E-state index in [1.54, 1.807) is 0 Å². The Balaban J connectivity index is 1.33. The van der Waals surface area contributed by atoms with E-state index in [-0.39, 0.29) is 0 Å². The van der Waals surface area contributed by atoms with Gasteiger partial charge in [0.25, 0.3) is 0 Å². The van der Waals surface area contributed by atoms with Crippen LogP contribution in [0.2, 0.25) is 0 Å². The Labute approximate surface area is 356 Å². The minimum Gasteiger partial charge on any atom is -0.394 e. The van der Waals surface area contributed by atoms with Gasteiger partial charge in [-0.05, 0) is 0 Å². The smallest absolute Gasteiger partial charge is 0.187 e. The lowest BCUT2D eigenvalue weighted by Gasteiger charge is -2.49. The lowest BCUT2D eigenvalue weighted by atomic mass is 9.95. The first-order valence-corrected chi connectivity index (χ1v) is 19.9. The first-order chi connectivity index (χ1) is 29.7. The second-order valence-electron chi connectivity index (χ2n) is 15.7. The highest BCUT2D eigenvalue weighted by molar-refractivity contribution is 4.98. The zero-order chi connectivity index (χ0) is 46.6. The average molecular weight is 933 g/mol. The minimum absolute atomic E-state index is 0.453. The van der Waals surface area contributed by atoms with E-state index in [0.717, 1.165) is 0 Å². The van der Waals surface area contributed by atoms with Gasteiger partial charge in [0.15, 0.2) is 31.5 Å². The highest BCUT2D eigenvalue weighted by Crippen LogP contribution is 2.34. The van der Waals surface area contributed by atoms with Gasteiger partial charge >= 0.3 is 0 Å². The Morgan fingerprint density at radius 1 is 0.429 bits per heavy atom.